The Balaban J connectivity index is 1.67. The SMILES string of the molecule is COC(=O)C1(C)C(c2ccccc2)C1c1ccc(-c2ncc(F)cn2)cc1. The minimum atomic E-state index is -0.593. The van der Waals surface area contributed by atoms with Crippen LogP contribution in [0.3, 0.4) is 0 Å². The number of hydrogen-bond acceptors (Lipinski definition) is 4. The maximum atomic E-state index is 13.0. The van der Waals surface area contributed by atoms with Gasteiger partial charge in [0.15, 0.2) is 11.6 Å². The number of benzene rings is 2. The summed E-state index contributed by atoms with van der Waals surface area (Å²) in [6.07, 6.45) is 2.30. The van der Waals surface area contributed by atoms with Crippen molar-refractivity contribution in [2.45, 2.75) is 18.8 Å². The molecule has 1 aromatic heterocycles. The molecule has 136 valence electrons. The van der Waals surface area contributed by atoms with Gasteiger partial charge < -0.3 is 4.74 Å². The van der Waals surface area contributed by atoms with Crippen LogP contribution in [0, 0.1) is 11.2 Å². The van der Waals surface area contributed by atoms with E-state index in [2.05, 4.69) is 9.97 Å². The monoisotopic (exact) mass is 362 g/mol. The van der Waals surface area contributed by atoms with Crippen molar-refractivity contribution >= 4 is 5.97 Å². The van der Waals surface area contributed by atoms with Crippen molar-refractivity contribution in [1.82, 2.24) is 9.97 Å². The molecule has 1 aliphatic carbocycles. The molecule has 27 heavy (non-hydrogen) atoms. The highest BCUT2D eigenvalue weighted by Gasteiger charge is 2.67. The molecule has 1 fully saturated rings. The molecule has 3 atom stereocenters. The average Bonchev–Trinajstić information content (AvgIpc) is 3.35. The molecule has 0 bridgehead atoms. The van der Waals surface area contributed by atoms with Gasteiger partial charge in [0.25, 0.3) is 0 Å². The number of carbonyl (C=O) groups excluding carboxylic acids is 1. The third-order valence-corrected chi connectivity index (χ3v) is 5.45. The van der Waals surface area contributed by atoms with E-state index in [9.17, 15) is 9.18 Å². The topological polar surface area (TPSA) is 52.1 Å². The Morgan fingerprint density at radius 2 is 1.52 bits per heavy atom. The first kappa shape index (κ1) is 17.3. The molecule has 0 saturated heterocycles. The minimum absolute atomic E-state index is 0.0375. The predicted molar refractivity (Wildman–Crippen MR) is 99.5 cm³/mol. The van der Waals surface area contributed by atoms with Crippen molar-refractivity contribution in [2.75, 3.05) is 7.11 Å². The van der Waals surface area contributed by atoms with Crippen molar-refractivity contribution in [3.8, 4) is 11.4 Å². The van der Waals surface area contributed by atoms with Gasteiger partial charge in [0.2, 0.25) is 0 Å². The van der Waals surface area contributed by atoms with Crippen LogP contribution in [0.15, 0.2) is 67.0 Å². The van der Waals surface area contributed by atoms with Crippen LogP contribution < -0.4 is 0 Å². The van der Waals surface area contributed by atoms with Crippen molar-refractivity contribution in [2.24, 2.45) is 5.41 Å². The summed E-state index contributed by atoms with van der Waals surface area (Å²) in [7, 11) is 1.43. The minimum Gasteiger partial charge on any atom is -0.469 e. The lowest BCUT2D eigenvalue weighted by molar-refractivity contribution is -0.146. The van der Waals surface area contributed by atoms with Crippen LogP contribution in [-0.2, 0) is 9.53 Å². The van der Waals surface area contributed by atoms with Gasteiger partial charge in [-0.05, 0) is 18.1 Å². The number of carbonyl (C=O) groups is 1. The Bertz CT molecular complexity index is 958. The average molecular weight is 362 g/mol. The third kappa shape index (κ3) is 2.89. The normalized spacial score (nSPS) is 23.7. The van der Waals surface area contributed by atoms with Crippen LogP contribution in [0.4, 0.5) is 4.39 Å². The van der Waals surface area contributed by atoms with Gasteiger partial charge in [0.1, 0.15) is 0 Å². The Labute approximate surface area is 157 Å². The molecule has 5 heteroatoms. The smallest absolute Gasteiger partial charge is 0.312 e. The standard InChI is InChI=1S/C22H19FN2O2/c1-22(21(26)27-2)18(14-6-4-3-5-7-14)19(22)15-8-10-16(11-9-15)20-24-12-17(23)13-25-20/h3-13,18-19H,1-2H3. The first-order chi connectivity index (χ1) is 13.1. The van der Waals surface area contributed by atoms with Gasteiger partial charge in [-0.1, -0.05) is 54.6 Å². The predicted octanol–water partition coefficient (Wildman–Crippen LogP) is 4.34. The van der Waals surface area contributed by atoms with Gasteiger partial charge in [0.05, 0.1) is 24.9 Å². The zero-order valence-electron chi connectivity index (χ0n) is 15.1. The Kier molecular flexibility index (Phi) is 4.22. The molecular formula is C22H19FN2O2. The Morgan fingerprint density at radius 1 is 0.963 bits per heavy atom. The van der Waals surface area contributed by atoms with E-state index in [0.717, 1.165) is 29.1 Å². The van der Waals surface area contributed by atoms with Gasteiger partial charge in [0, 0.05) is 17.4 Å². The van der Waals surface area contributed by atoms with E-state index in [-0.39, 0.29) is 17.8 Å². The summed E-state index contributed by atoms with van der Waals surface area (Å²) in [6, 6.07) is 17.8. The van der Waals surface area contributed by atoms with E-state index < -0.39 is 11.2 Å². The highest BCUT2D eigenvalue weighted by Crippen LogP contribution is 2.70. The summed E-state index contributed by atoms with van der Waals surface area (Å²) >= 11 is 0. The molecule has 2 aromatic carbocycles. The molecule has 0 radical (unpaired) electrons. The summed E-state index contributed by atoms with van der Waals surface area (Å²) < 4.78 is 18.1. The summed E-state index contributed by atoms with van der Waals surface area (Å²) in [6.45, 7) is 1.96. The van der Waals surface area contributed by atoms with Crippen molar-refractivity contribution in [1.29, 1.82) is 0 Å². The van der Waals surface area contributed by atoms with Gasteiger partial charge in [-0.25, -0.2) is 14.4 Å². The molecule has 0 amide bonds. The fraction of sp³-hybridized carbons (Fsp3) is 0.227. The largest absolute Gasteiger partial charge is 0.469 e. The molecule has 3 unspecified atom stereocenters. The van der Waals surface area contributed by atoms with E-state index in [4.69, 9.17) is 4.74 Å². The summed E-state index contributed by atoms with van der Waals surface area (Å²) in [5.74, 6) is -0.0936. The van der Waals surface area contributed by atoms with E-state index in [1.165, 1.54) is 7.11 Å². The molecule has 0 N–H and O–H groups in total. The lowest BCUT2D eigenvalue weighted by Gasteiger charge is -2.09. The maximum Gasteiger partial charge on any atom is 0.312 e. The fourth-order valence-electron chi connectivity index (χ4n) is 4.03. The van der Waals surface area contributed by atoms with Crippen molar-refractivity contribution in [3.05, 3.63) is 83.9 Å². The van der Waals surface area contributed by atoms with Gasteiger partial charge in [-0.3, -0.25) is 4.79 Å². The molecule has 4 nitrogen and oxygen atoms in total. The molecule has 1 aliphatic rings. The number of ether oxygens (including phenoxy) is 1. The van der Waals surface area contributed by atoms with Crippen molar-refractivity contribution in [3.63, 3.8) is 0 Å². The number of methoxy groups -OCH3 is 1. The molecule has 4 rings (SSSR count). The molecule has 0 spiro atoms. The van der Waals surface area contributed by atoms with Gasteiger partial charge in [-0.2, -0.15) is 0 Å². The highest BCUT2D eigenvalue weighted by atomic mass is 19.1. The summed E-state index contributed by atoms with van der Waals surface area (Å²) in [5.41, 5.74) is 2.39. The van der Waals surface area contributed by atoms with Gasteiger partial charge in [-0.15, -0.1) is 0 Å². The van der Waals surface area contributed by atoms with Crippen LogP contribution in [-0.4, -0.2) is 23.0 Å². The molecule has 1 saturated carbocycles. The van der Waals surface area contributed by atoms with E-state index in [1.54, 1.807) is 0 Å². The second-order valence-electron chi connectivity index (χ2n) is 6.99. The summed E-state index contributed by atoms with van der Waals surface area (Å²) in [4.78, 5) is 20.5. The maximum absolute atomic E-state index is 13.0. The highest BCUT2D eigenvalue weighted by molar-refractivity contribution is 5.85. The molecule has 0 aliphatic heterocycles. The number of halogens is 1. The van der Waals surface area contributed by atoms with Gasteiger partial charge >= 0.3 is 5.97 Å². The van der Waals surface area contributed by atoms with E-state index in [0.29, 0.717) is 5.82 Å². The van der Waals surface area contributed by atoms with Crippen LogP contribution in [0.25, 0.3) is 11.4 Å². The van der Waals surface area contributed by atoms with Crippen LogP contribution in [0.2, 0.25) is 0 Å². The van der Waals surface area contributed by atoms with Crippen LogP contribution in [0.1, 0.15) is 29.9 Å². The second kappa shape index (κ2) is 6.58. The van der Waals surface area contributed by atoms with Crippen LogP contribution in [0.5, 0.6) is 0 Å². The quantitative estimate of drug-likeness (QED) is 0.648. The molecule has 3 aromatic rings. The van der Waals surface area contributed by atoms with Crippen molar-refractivity contribution < 1.29 is 13.9 Å². The number of hydrogen-bond donors (Lipinski definition) is 0. The molecule has 1 heterocycles. The first-order valence-electron chi connectivity index (χ1n) is 8.77. The second-order valence-corrected chi connectivity index (χ2v) is 6.99. The summed E-state index contributed by atoms with van der Waals surface area (Å²) in [5, 5.41) is 0. The van der Waals surface area contributed by atoms with E-state index >= 15 is 0 Å². The lowest BCUT2D eigenvalue weighted by Crippen LogP contribution is -2.17. The number of esters is 1. The first-order valence-corrected chi connectivity index (χ1v) is 8.77. The number of aromatic nitrogens is 2. The Hall–Kier alpha value is -3.08. The number of rotatable bonds is 4. The molecular weight excluding hydrogens is 343 g/mol. The van der Waals surface area contributed by atoms with E-state index in [1.807, 2.05) is 61.5 Å². The van der Waals surface area contributed by atoms with Crippen LogP contribution >= 0.6 is 0 Å². The zero-order valence-corrected chi connectivity index (χ0v) is 15.1. The zero-order chi connectivity index (χ0) is 19.0. The fourth-order valence-corrected chi connectivity index (χ4v) is 4.03. The Morgan fingerprint density at radius 3 is 2.07 bits per heavy atom. The lowest BCUT2D eigenvalue weighted by atomic mass is 9.99. The number of nitrogens with zero attached hydrogens (tertiary/aromatic N) is 2. The third-order valence-electron chi connectivity index (χ3n) is 5.45.